The van der Waals surface area contributed by atoms with Gasteiger partial charge in [-0.1, -0.05) is 0 Å². The van der Waals surface area contributed by atoms with Crippen molar-refractivity contribution in [2.45, 2.75) is 32.4 Å². The van der Waals surface area contributed by atoms with Crippen LogP contribution in [-0.2, 0) is 0 Å². The number of pyridine rings is 2. The Kier molecular flexibility index (Phi) is 3.91. The molecule has 7 nitrogen and oxygen atoms in total. The van der Waals surface area contributed by atoms with E-state index in [2.05, 4.69) is 36.6 Å². The number of aromatic nitrogens is 3. The van der Waals surface area contributed by atoms with Crippen LogP contribution < -0.4 is 15.5 Å². The van der Waals surface area contributed by atoms with Crippen LogP contribution in [0.25, 0.3) is 21.8 Å². The molecule has 130 valence electrons. The first-order chi connectivity index (χ1) is 12.1. The molecule has 0 spiro atoms. The van der Waals surface area contributed by atoms with Crippen LogP contribution in [0.4, 0.5) is 10.5 Å². The first-order valence-corrected chi connectivity index (χ1v) is 8.63. The Hall–Kier alpha value is -2.83. The molecule has 4 rings (SSSR count). The van der Waals surface area contributed by atoms with E-state index in [1.807, 2.05) is 38.6 Å². The molecular formula is C18H22N6O. The zero-order valence-corrected chi connectivity index (χ0v) is 14.4. The standard InChI is InChI=1S/C18H22N6O/c1-11(2)22-18(25)23-13-4-6-24(10-13)15-9-19-7-12-8-21-17-14(16(12)15)3-5-20-17/h3,5,7-9,11,13H,4,6,10H2,1-2H3,(H,20,21)(H2,22,23,25). The molecule has 3 N–H and O–H groups in total. The number of carbonyl (C=O) groups excluding carboxylic acids is 1. The fourth-order valence-electron chi connectivity index (χ4n) is 3.49. The van der Waals surface area contributed by atoms with Crippen molar-refractivity contribution in [2.24, 2.45) is 0 Å². The van der Waals surface area contributed by atoms with Gasteiger partial charge in [0, 0.05) is 59.9 Å². The maximum atomic E-state index is 11.9. The van der Waals surface area contributed by atoms with E-state index in [1.165, 1.54) is 0 Å². The van der Waals surface area contributed by atoms with E-state index >= 15 is 0 Å². The molecule has 0 saturated carbocycles. The Morgan fingerprint density at radius 2 is 2.24 bits per heavy atom. The summed E-state index contributed by atoms with van der Waals surface area (Å²) < 4.78 is 0. The van der Waals surface area contributed by atoms with Crippen LogP contribution in [0.1, 0.15) is 20.3 Å². The van der Waals surface area contributed by atoms with Crippen LogP contribution in [0.5, 0.6) is 0 Å². The molecule has 1 unspecified atom stereocenters. The molecule has 0 radical (unpaired) electrons. The lowest BCUT2D eigenvalue weighted by Gasteiger charge is -2.21. The number of rotatable bonds is 3. The van der Waals surface area contributed by atoms with Gasteiger partial charge < -0.3 is 20.5 Å². The molecule has 1 aliphatic heterocycles. The van der Waals surface area contributed by atoms with Crippen LogP contribution in [0.15, 0.2) is 30.9 Å². The zero-order valence-electron chi connectivity index (χ0n) is 14.4. The van der Waals surface area contributed by atoms with Crippen molar-refractivity contribution in [1.29, 1.82) is 0 Å². The minimum atomic E-state index is -0.102. The Labute approximate surface area is 145 Å². The number of carbonyl (C=O) groups is 1. The van der Waals surface area contributed by atoms with Crippen LogP contribution in [0, 0.1) is 0 Å². The highest BCUT2D eigenvalue weighted by Crippen LogP contribution is 2.33. The Morgan fingerprint density at radius 1 is 1.36 bits per heavy atom. The zero-order chi connectivity index (χ0) is 17.4. The van der Waals surface area contributed by atoms with Gasteiger partial charge in [0.15, 0.2) is 0 Å². The third-order valence-corrected chi connectivity index (χ3v) is 4.57. The summed E-state index contributed by atoms with van der Waals surface area (Å²) in [5.41, 5.74) is 1.98. The molecule has 3 aromatic rings. The minimum Gasteiger partial charge on any atom is -0.368 e. The monoisotopic (exact) mass is 338 g/mol. The highest BCUT2D eigenvalue weighted by atomic mass is 16.2. The molecule has 1 saturated heterocycles. The highest BCUT2D eigenvalue weighted by molar-refractivity contribution is 6.11. The predicted molar refractivity (Wildman–Crippen MR) is 98.8 cm³/mol. The summed E-state index contributed by atoms with van der Waals surface area (Å²) in [5.74, 6) is 0. The number of fused-ring (bicyclic) bond motifs is 3. The Bertz CT molecular complexity index is 918. The summed E-state index contributed by atoms with van der Waals surface area (Å²) in [6, 6.07) is 2.22. The van der Waals surface area contributed by atoms with Crippen LogP contribution >= 0.6 is 0 Å². The van der Waals surface area contributed by atoms with Crippen molar-refractivity contribution in [3.05, 3.63) is 30.9 Å². The number of hydrogen-bond acceptors (Lipinski definition) is 4. The summed E-state index contributed by atoms with van der Waals surface area (Å²) >= 11 is 0. The molecule has 2 amide bonds. The minimum absolute atomic E-state index is 0.102. The average molecular weight is 338 g/mol. The van der Waals surface area contributed by atoms with E-state index < -0.39 is 0 Å². The van der Waals surface area contributed by atoms with Crippen molar-refractivity contribution in [3.8, 4) is 0 Å². The fraction of sp³-hybridized carbons (Fsp3) is 0.389. The normalized spacial score (nSPS) is 17.6. The lowest BCUT2D eigenvalue weighted by molar-refractivity contribution is 0.235. The predicted octanol–water partition coefficient (Wildman–Crippen LogP) is 2.40. The molecule has 0 aliphatic carbocycles. The number of nitrogens with zero attached hydrogens (tertiary/aromatic N) is 3. The quantitative estimate of drug-likeness (QED) is 0.684. The first kappa shape index (κ1) is 15.7. The van der Waals surface area contributed by atoms with Gasteiger partial charge in [0.1, 0.15) is 5.65 Å². The smallest absolute Gasteiger partial charge is 0.315 e. The van der Waals surface area contributed by atoms with Gasteiger partial charge in [-0.3, -0.25) is 4.98 Å². The SMILES string of the molecule is CC(C)NC(=O)NC1CCN(c2cncc3cnc4[nH]ccc4c23)C1. The molecule has 1 atom stereocenters. The first-order valence-electron chi connectivity index (χ1n) is 8.63. The number of hydrogen-bond donors (Lipinski definition) is 3. The third kappa shape index (κ3) is 2.97. The Morgan fingerprint density at radius 3 is 3.08 bits per heavy atom. The molecule has 25 heavy (non-hydrogen) atoms. The van der Waals surface area contributed by atoms with E-state index in [4.69, 9.17) is 0 Å². The largest absolute Gasteiger partial charge is 0.368 e. The van der Waals surface area contributed by atoms with Crippen molar-refractivity contribution < 1.29 is 4.79 Å². The summed E-state index contributed by atoms with van der Waals surface area (Å²) in [7, 11) is 0. The summed E-state index contributed by atoms with van der Waals surface area (Å²) in [4.78, 5) is 26.2. The number of aromatic amines is 1. The molecule has 1 fully saturated rings. The lowest BCUT2D eigenvalue weighted by atomic mass is 10.1. The molecular weight excluding hydrogens is 316 g/mol. The van der Waals surface area contributed by atoms with Gasteiger partial charge in [-0.05, 0) is 26.3 Å². The van der Waals surface area contributed by atoms with Crippen molar-refractivity contribution in [2.75, 3.05) is 18.0 Å². The molecule has 7 heteroatoms. The van der Waals surface area contributed by atoms with Gasteiger partial charge >= 0.3 is 6.03 Å². The molecule has 0 aromatic carbocycles. The van der Waals surface area contributed by atoms with Crippen LogP contribution in [-0.4, -0.2) is 46.2 Å². The average Bonchev–Trinajstić information content (AvgIpc) is 3.22. The van der Waals surface area contributed by atoms with Crippen LogP contribution in [0.3, 0.4) is 0 Å². The van der Waals surface area contributed by atoms with Gasteiger partial charge in [-0.25, -0.2) is 9.78 Å². The number of nitrogens with one attached hydrogen (secondary N) is 3. The second-order valence-electron chi connectivity index (χ2n) is 6.83. The summed E-state index contributed by atoms with van der Waals surface area (Å²) in [6.45, 7) is 5.58. The van der Waals surface area contributed by atoms with E-state index in [-0.39, 0.29) is 18.1 Å². The van der Waals surface area contributed by atoms with Crippen molar-refractivity contribution in [1.82, 2.24) is 25.6 Å². The lowest BCUT2D eigenvalue weighted by Crippen LogP contribution is -2.45. The number of amides is 2. The molecule has 0 bridgehead atoms. The molecule has 1 aliphatic rings. The number of anilines is 1. The second kappa shape index (κ2) is 6.23. The maximum Gasteiger partial charge on any atom is 0.315 e. The second-order valence-corrected chi connectivity index (χ2v) is 6.83. The van der Waals surface area contributed by atoms with E-state index in [0.717, 1.165) is 47.0 Å². The van der Waals surface area contributed by atoms with Gasteiger partial charge in [0.05, 0.1) is 11.9 Å². The molecule has 3 aromatic heterocycles. The van der Waals surface area contributed by atoms with Gasteiger partial charge in [-0.2, -0.15) is 0 Å². The summed E-state index contributed by atoms with van der Waals surface area (Å²) in [5, 5.41) is 9.23. The maximum absolute atomic E-state index is 11.9. The van der Waals surface area contributed by atoms with E-state index in [0.29, 0.717) is 0 Å². The van der Waals surface area contributed by atoms with Gasteiger partial charge in [0.25, 0.3) is 0 Å². The van der Waals surface area contributed by atoms with Gasteiger partial charge in [-0.15, -0.1) is 0 Å². The van der Waals surface area contributed by atoms with Gasteiger partial charge in [0.2, 0.25) is 0 Å². The van der Waals surface area contributed by atoms with Crippen molar-refractivity contribution >= 4 is 33.5 Å². The molecule has 4 heterocycles. The van der Waals surface area contributed by atoms with E-state index in [9.17, 15) is 4.79 Å². The fourth-order valence-corrected chi connectivity index (χ4v) is 3.49. The number of H-pyrrole nitrogens is 1. The third-order valence-electron chi connectivity index (χ3n) is 4.57. The highest BCUT2D eigenvalue weighted by Gasteiger charge is 2.26. The van der Waals surface area contributed by atoms with Crippen molar-refractivity contribution in [3.63, 3.8) is 0 Å². The summed E-state index contributed by atoms with van der Waals surface area (Å²) in [6.07, 6.45) is 8.44. The Balaban J connectivity index is 1.60. The topological polar surface area (TPSA) is 85.9 Å². The van der Waals surface area contributed by atoms with E-state index in [1.54, 1.807) is 0 Å². The van der Waals surface area contributed by atoms with Crippen LogP contribution in [0.2, 0.25) is 0 Å². The number of urea groups is 1.